The third-order valence-corrected chi connectivity index (χ3v) is 4.23. The first kappa shape index (κ1) is 15.0. The summed E-state index contributed by atoms with van der Waals surface area (Å²) in [4.78, 5) is 17.8. The summed E-state index contributed by atoms with van der Waals surface area (Å²) < 4.78 is 7.00. The van der Waals surface area contributed by atoms with Gasteiger partial charge in [-0.3, -0.25) is 4.57 Å². The average Bonchev–Trinajstić information content (AvgIpc) is 3.02. The summed E-state index contributed by atoms with van der Waals surface area (Å²) in [5.74, 6) is 0.130. The molecule has 8 nitrogen and oxygen atoms in total. The second-order valence-corrected chi connectivity index (χ2v) is 5.62. The molecule has 3 heterocycles. The van der Waals surface area contributed by atoms with Crippen LogP contribution in [0.3, 0.4) is 0 Å². The van der Waals surface area contributed by atoms with E-state index in [2.05, 4.69) is 4.98 Å². The first-order valence-corrected chi connectivity index (χ1v) is 7.26. The molecule has 3 atom stereocenters. The number of likely N-dealkylation sites (tertiary alicyclic amines) is 1. The molecule has 2 saturated heterocycles. The van der Waals surface area contributed by atoms with E-state index < -0.39 is 24.1 Å². The number of ether oxygens (including phenoxy) is 1. The van der Waals surface area contributed by atoms with Gasteiger partial charge in [-0.25, -0.2) is 4.79 Å². The van der Waals surface area contributed by atoms with Gasteiger partial charge in [0.2, 0.25) is 0 Å². The fourth-order valence-corrected chi connectivity index (χ4v) is 3.11. The zero-order valence-corrected chi connectivity index (χ0v) is 12.3. The Morgan fingerprint density at radius 1 is 1.55 bits per heavy atom. The van der Waals surface area contributed by atoms with Crippen molar-refractivity contribution in [1.82, 2.24) is 14.5 Å². The zero-order valence-electron chi connectivity index (χ0n) is 12.3. The summed E-state index contributed by atoms with van der Waals surface area (Å²) in [6, 6.07) is 1.50. The number of nitrogens with two attached hydrogens (primary N) is 1. The topological polar surface area (TPSA) is 114 Å². The number of nitrogens with zero attached hydrogens (tertiary/aromatic N) is 3. The van der Waals surface area contributed by atoms with Gasteiger partial charge in [-0.1, -0.05) is 0 Å². The fraction of sp³-hybridized carbons (Fsp3) is 0.571. The van der Waals surface area contributed by atoms with E-state index in [-0.39, 0.29) is 12.4 Å². The summed E-state index contributed by atoms with van der Waals surface area (Å²) in [6.07, 6.45) is 0.798. The molecule has 0 aromatic carbocycles. The van der Waals surface area contributed by atoms with E-state index in [4.69, 9.17) is 10.5 Å². The van der Waals surface area contributed by atoms with Gasteiger partial charge in [0.15, 0.2) is 6.23 Å². The molecular weight excluding hydrogens is 288 g/mol. The number of aliphatic hydroxyl groups excluding tert-OH is 2. The van der Waals surface area contributed by atoms with E-state index >= 15 is 0 Å². The lowest BCUT2D eigenvalue weighted by molar-refractivity contribution is -0.0447. The number of aliphatic hydroxyl groups is 2. The van der Waals surface area contributed by atoms with Crippen molar-refractivity contribution in [2.24, 2.45) is 0 Å². The Hall–Kier alpha value is -1.90. The molecule has 1 aromatic heterocycles. The number of rotatable bonds is 2. The van der Waals surface area contributed by atoms with Gasteiger partial charge in [0.25, 0.3) is 0 Å². The van der Waals surface area contributed by atoms with Crippen molar-refractivity contribution >= 4 is 5.82 Å². The van der Waals surface area contributed by atoms with Gasteiger partial charge in [0.05, 0.1) is 6.61 Å². The minimum absolute atomic E-state index is 0.130. The van der Waals surface area contributed by atoms with Crippen LogP contribution in [0.2, 0.25) is 0 Å². The minimum atomic E-state index is -0.949. The average molecular weight is 308 g/mol. The first-order chi connectivity index (χ1) is 10.5. The van der Waals surface area contributed by atoms with Gasteiger partial charge < -0.3 is 25.6 Å². The van der Waals surface area contributed by atoms with Crippen molar-refractivity contribution in [2.75, 3.05) is 25.9 Å². The summed E-state index contributed by atoms with van der Waals surface area (Å²) in [5, 5.41) is 19.9. The summed E-state index contributed by atoms with van der Waals surface area (Å²) >= 11 is 0. The third kappa shape index (κ3) is 2.39. The van der Waals surface area contributed by atoms with Crippen molar-refractivity contribution in [2.45, 2.75) is 31.3 Å². The molecule has 0 saturated carbocycles. The Kier molecular flexibility index (Phi) is 3.90. The van der Waals surface area contributed by atoms with Crippen LogP contribution in [0.1, 0.15) is 19.1 Å². The number of hydrogen-bond donors (Lipinski definition) is 3. The third-order valence-electron chi connectivity index (χ3n) is 4.23. The van der Waals surface area contributed by atoms with Crippen molar-refractivity contribution in [3.8, 4) is 0 Å². The molecule has 2 fully saturated rings. The van der Waals surface area contributed by atoms with Crippen LogP contribution in [0.15, 0.2) is 28.3 Å². The van der Waals surface area contributed by atoms with Crippen molar-refractivity contribution < 1.29 is 14.9 Å². The van der Waals surface area contributed by atoms with E-state index in [9.17, 15) is 15.0 Å². The molecule has 8 heteroatoms. The smallest absolute Gasteiger partial charge is 0.351 e. The van der Waals surface area contributed by atoms with E-state index in [0.29, 0.717) is 5.57 Å². The van der Waals surface area contributed by atoms with Crippen molar-refractivity contribution in [3.63, 3.8) is 0 Å². The van der Waals surface area contributed by atoms with Gasteiger partial charge >= 0.3 is 5.69 Å². The van der Waals surface area contributed by atoms with Crippen LogP contribution in [0.4, 0.5) is 5.82 Å². The Labute approximate surface area is 127 Å². The van der Waals surface area contributed by atoms with Gasteiger partial charge in [0.1, 0.15) is 18.0 Å². The Balaban J connectivity index is 2.10. The number of hydrogen-bond acceptors (Lipinski definition) is 7. The lowest BCUT2D eigenvalue weighted by Gasteiger charge is -2.21. The van der Waals surface area contributed by atoms with Crippen molar-refractivity contribution in [1.29, 1.82) is 0 Å². The highest BCUT2D eigenvalue weighted by Crippen LogP contribution is 2.39. The molecule has 4 N–H and O–H groups in total. The fourth-order valence-electron chi connectivity index (χ4n) is 3.11. The summed E-state index contributed by atoms with van der Waals surface area (Å²) in [6.45, 7) is 0.562. The SMILES string of the molecule is CN1CCC/C1=C1\[C@H](n2ccc(N)nc2=O)O[C@H](CO)[C@H]1O. The maximum atomic E-state index is 12.1. The van der Waals surface area contributed by atoms with Crippen molar-refractivity contribution in [3.05, 3.63) is 34.0 Å². The molecule has 3 rings (SSSR count). The Bertz CT molecular complexity index is 656. The van der Waals surface area contributed by atoms with Gasteiger partial charge in [-0.05, 0) is 18.9 Å². The van der Waals surface area contributed by atoms with E-state index in [1.54, 1.807) is 0 Å². The van der Waals surface area contributed by atoms with Crippen LogP contribution in [0.25, 0.3) is 0 Å². The summed E-state index contributed by atoms with van der Waals surface area (Å²) in [5.41, 5.74) is 6.54. The molecule has 120 valence electrons. The minimum Gasteiger partial charge on any atom is -0.394 e. The van der Waals surface area contributed by atoms with E-state index in [0.717, 1.165) is 25.1 Å². The quantitative estimate of drug-likeness (QED) is 0.646. The highest BCUT2D eigenvalue weighted by molar-refractivity contribution is 5.29. The van der Waals surface area contributed by atoms with Crippen LogP contribution < -0.4 is 11.4 Å². The predicted molar refractivity (Wildman–Crippen MR) is 78.8 cm³/mol. The van der Waals surface area contributed by atoms with E-state index in [1.807, 2.05) is 11.9 Å². The van der Waals surface area contributed by atoms with E-state index in [1.165, 1.54) is 16.8 Å². The van der Waals surface area contributed by atoms with Crippen LogP contribution >= 0.6 is 0 Å². The second kappa shape index (κ2) is 5.71. The highest BCUT2D eigenvalue weighted by Gasteiger charge is 2.43. The predicted octanol–water partition coefficient (Wildman–Crippen LogP) is -0.944. The maximum Gasteiger partial charge on any atom is 0.351 e. The monoisotopic (exact) mass is 308 g/mol. The molecule has 0 aliphatic carbocycles. The molecule has 0 unspecified atom stereocenters. The number of anilines is 1. The maximum absolute atomic E-state index is 12.1. The second-order valence-electron chi connectivity index (χ2n) is 5.62. The zero-order chi connectivity index (χ0) is 15.9. The lowest BCUT2D eigenvalue weighted by atomic mass is 10.0. The number of nitrogen functional groups attached to an aromatic ring is 1. The Morgan fingerprint density at radius 2 is 2.32 bits per heavy atom. The van der Waals surface area contributed by atoms with Crippen LogP contribution in [0.5, 0.6) is 0 Å². The van der Waals surface area contributed by atoms with Crippen LogP contribution in [-0.2, 0) is 4.74 Å². The first-order valence-electron chi connectivity index (χ1n) is 7.26. The standard InChI is InChI=1S/C14H20N4O4/c1-17-5-2-3-8(17)11-12(20)9(7-19)22-13(11)18-6-4-10(15)16-14(18)21/h4,6,9,12-13,19-20H,2-3,5,7H2,1H3,(H2,15,16,21)/b11-8+/t9-,12-,13-/m1/s1. The van der Waals surface area contributed by atoms with Gasteiger partial charge in [-0.2, -0.15) is 4.98 Å². The molecular formula is C14H20N4O4. The molecule has 0 radical (unpaired) electrons. The van der Waals surface area contributed by atoms with Gasteiger partial charge in [-0.15, -0.1) is 0 Å². The molecule has 22 heavy (non-hydrogen) atoms. The number of aromatic nitrogens is 2. The van der Waals surface area contributed by atoms with Crippen LogP contribution in [-0.4, -0.2) is 57.1 Å². The summed E-state index contributed by atoms with van der Waals surface area (Å²) in [7, 11) is 1.94. The van der Waals surface area contributed by atoms with Gasteiger partial charge in [0, 0.05) is 31.1 Å². The molecule has 1 aromatic rings. The Morgan fingerprint density at radius 3 is 2.91 bits per heavy atom. The lowest BCUT2D eigenvalue weighted by Crippen LogP contribution is -2.29. The highest BCUT2D eigenvalue weighted by atomic mass is 16.5. The molecule has 0 spiro atoms. The molecule has 0 amide bonds. The van der Waals surface area contributed by atoms with Crippen LogP contribution in [0, 0.1) is 0 Å². The molecule has 2 aliphatic rings. The number of allylic oxidation sites excluding steroid dienone is 1. The normalized spacial score (nSPS) is 32.0. The largest absolute Gasteiger partial charge is 0.394 e. The molecule has 0 bridgehead atoms. The molecule has 2 aliphatic heterocycles.